The topological polar surface area (TPSA) is 79.7 Å². The molecule has 86 valence electrons. The summed E-state index contributed by atoms with van der Waals surface area (Å²) < 4.78 is 16.1. The first-order valence-electron chi connectivity index (χ1n) is 4.88. The second-order valence-electron chi connectivity index (χ2n) is 3.03. The second kappa shape index (κ2) is 7.33. The maximum Gasteiger partial charge on any atom is 0.501 e. The maximum atomic E-state index is 5.77. The minimum atomic E-state index is -2.50. The molecule has 0 radical (unpaired) electrons. The Kier molecular flexibility index (Phi) is 7.34. The van der Waals surface area contributed by atoms with Crippen LogP contribution in [0.5, 0.6) is 0 Å². The summed E-state index contributed by atoms with van der Waals surface area (Å²) >= 11 is 0. The van der Waals surface area contributed by atoms with E-state index in [1.165, 1.54) is 0 Å². The third-order valence-electron chi connectivity index (χ3n) is 2.08. The molecule has 0 aromatic carbocycles. The monoisotopic (exact) mass is 222 g/mol. The third-order valence-corrected chi connectivity index (χ3v) is 4.85. The van der Waals surface area contributed by atoms with Gasteiger partial charge in [0.05, 0.1) is 6.23 Å². The lowest BCUT2D eigenvalue weighted by Crippen LogP contribution is -2.48. The summed E-state index contributed by atoms with van der Waals surface area (Å²) in [4.78, 5) is 0. The molecule has 0 saturated carbocycles. The number of rotatable bonds is 8. The molecule has 0 aliphatic rings. The van der Waals surface area contributed by atoms with Crippen molar-refractivity contribution in [3.8, 4) is 0 Å². The van der Waals surface area contributed by atoms with E-state index in [9.17, 15) is 0 Å². The van der Waals surface area contributed by atoms with Gasteiger partial charge in [-0.3, -0.25) is 0 Å². The van der Waals surface area contributed by atoms with Crippen LogP contribution in [0.2, 0.25) is 6.04 Å². The van der Waals surface area contributed by atoms with Gasteiger partial charge in [-0.2, -0.15) is 0 Å². The lowest BCUT2D eigenvalue weighted by Gasteiger charge is -2.28. The molecule has 0 fully saturated rings. The van der Waals surface area contributed by atoms with Crippen LogP contribution in [0, 0.1) is 0 Å². The first-order valence-corrected chi connectivity index (χ1v) is 6.81. The van der Waals surface area contributed by atoms with Gasteiger partial charge in [0.25, 0.3) is 0 Å². The molecule has 0 bridgehead atoms. The SMILES string of the molecule is CC[Si](OC)(OC)OC(N)CCCN. The van der Waals surface area contributed by atoms with E-state index in [1.807, 2.05) is 6.92 Å². The van der Waals surface area contributed by atoms with Crippen LogP contribution in [-0.2, 0) is 13.3 Å². The first kappa shape index (κ1) is 14.0. The van der Waals surface area contributed by atoms with E-state index in [1.54, 1.807) is 14.2 Å². The minimum Gasteiger partial charge on any atom is -0.377 e. The van der Waals surface area contributed by atoms with Gasteiger partial charge in [-0.1, -0.05) is 6.92 Å². The predicted octanol–water partition coefficient (Wildman–Crippen LogP) is 0.278. The Bertz CT molecular complexity index is 136. The van der Waals surface area contributed by atoms with E-state index < -0.39 is 8.80 Å². The van der Waals surface area contributed by atoms with Crippen molar-refractivity contribution in [3.63, 3.8) is 0 Å². The van der Waals surface area contributed by atoms with Crippen molar-refractivity contribution < 1.29 is 13.3 Å². The summed E-state index contributed by atoms with van der Waals surface area (Å²) in [5.41, 5.74) is 11.1. The van der Waals surface area contributed by atoms with Gasteiger partial charge < -0.3 is 24.7 Å². The molecule has 0 aromatic heterocycles. The normalized spacial score (nSPS) is 14.4. The van der Waals surface area contributed by atoms with Crippen LogP contribution in [0.4, 0.5) is 0 Å². The number of hydrogen-bond donors (Lipinski definition) is 2. The van der Waals surface area contributed by atoms with Crippen LogP contribution in [0.1, 0.15) is 19.8 Å². The molecule has 0 amide bonds. The summed E-state index contributed by atoms with van der Waals surface area (Å²) in [5, 5.41) is 0. The van der Waals surface area contributed by atoms with Crippen molar-refractivity contribution in [1.82, 2.24) is 0 Å². The molecule has 6 heteroatoms. The van der Waals surface area contributed by atoms with Crippen molar-refractivity contribution in [2.75, 3.05) is 20.8 Å². The number of nitrogens with two attached hydrogens (primary N) is 2. The summed E-state index contributed by atoms with van der Waals surface area (Å²) in [6.07, 6.45) is 1.24. The molecule has 1 unspecified atom stereocenters. The highest BCUT2D eigenvalue weighted by Gasteiger charge is 2.38. The minimum absolute atomic E-state index is 0.343. The van der Waals surface area contributed by atoms with Crippen LogP contribution in [-0.4, -0.2) is 35.8 Å². The Morgan fingerprint density at radius 2 is 1.86 bits per heavy atom. The van der Waals surface area contributed by atoms with Gasteiger partial charge in [-0.25, -0.2) is 0 Å². The van der Waals surface area contributed by atoms with E-state index in [0.717, 1.165) is 18.9 Å². The van der Waals surface area contributed by atoms with E-state index in [0.29, 0.717) is 6.54 Å². The van der Waals surface area contributed by atoms with Crippen molar-refractivity contribution in [2.24, 2.45) is 11.5 Å². The van der Waals surface area contributed by atoms with Gasteiger partial charge in [-0.05, 0) is 19.4 Å². The van der Waals surface area contributed by atoms with Crippen LogP contribution < -0.4 is 11.5 Å². The van der Waals surface area contributed by atoms with E-state index in [-0.39, 0.29) is 6.23 Å². The fraction of sp³-hybridized carbons (Fsp3) is 1.00. The van der Waals surface area contributed by atoms with E-state index in [4.69, 9.17) is 24.7 Å². The molecule has 0 saturated heterocycles. The Morgan fingerprint density at radius 1 is 1.29 bits per heavy atom. The highest BCUT2D eigenvalue weighted by Crippen LogP contribution is 2.15. The zero-order valence-electron chi connectivity index (χ0n) is 9.29. The molecule has 0 aromatic rings. The van der Waals surface area contributed by atoms with E-state index in [2.05, 4.69) is 0 Å². The second-order valence-corrected chi connectivity index (χ2v) is 6.16. The summed E-state index contributed by atoms with van der Waals surface area (Å²) in [7, 11) is 0.688. The highest BCUT2D eigenvalue weighted by atomic mass is 28.4. The smallest absolute Gasteiger partial charge is 0.377 e. The molecule has 0 aliphatic heterocycles. The molecule has 4 N–H and O–H groups in total. The van der Waals surface area contributed by atoms with Crippen LogP contribution >= 0.6 is 0 Å². The zero-order valence-corrected chi connectivity index (χ0v) is 10.3. The Hall–Kier alpha value is 0.0169. The van der Waals surface area contributed by atoms with Crippen LogP contribution in [0.15, 0.2) is 0 Å². The van der Waals surface area contributed by atoms with Crippen LogP contribution in [0.3, 0.4) is 0 Å². The quantitative estimate of drug-likeness (QED) is 0.455. The molecule has 1 atom stereocenters. The molecule has 0 rings (SSSR count). The molecular formula is C8H22N2O3Si. The average Bonchev–Trinajstić information content (AvgIpc) is 2.23. The van der Waals surface area contributed by atoms with Gasteiger partial charge in [-0.15, -0.1) is 0 Å². The lowest BCUT2D eigenvalue weighted by molar-refractivity contribution is 0.0544. The van der Waals surface area contributed by atoms with Gasteiger partial charge in [0.15, 0.2) is 0 Å². The molecule has 0 spiro atoms. The summed E-state index contributed by atoms with van der Waals surface area (Å²) in [5.74, 6) is 0. The average molecular weight is 222 g/mol. The van der Waals surface area contributed by atoms with Gasteiger partial charge in [0, 0.05) is 20.3 Å². The molecular weight excluding hydrogens is 200 g/mol. The zero-order chi connectivity index (χ0) is 11.0. The van der Waals surface area contributed by atoms with Gasteiger partial charge in [0.1, 0.15) is 0 Å². The van der Waals surface area contributed by atoms with Crippen molar-refractivity contribution in [2.45, 2.75) is 32.0 Å². The van der Waals surface area contributed by atoms with Crippen molar-refractivity contribution in [1.29, 1.82) is 0 Å². The Labute approximate surface area is 87.1 Å². The standard InChI is InChI=1S/C8H22N2O3Si/c1-4-14(11-2,12-3)13-8(10)6-5-7-9/h8H,4-7,9-10H2,1-3H3. The summed E-state index contributed by atoms with van der Waals surface area (Å²) in [6.45, 7) is 2.59. The van der Waals surface area contributed by atoms with Crippen molar-refractivity contribution in [3.05, 3.63) is 0 Å². The lowest BCUT2D eigenvalue weighted by atomic mass is 10.3. The largest absolute Gasteiger partial charge is 0.501 e. The molecule has 5 nitrogen and oxygen atoms in total. The predicted molar refractivity (Wildman–Crippen MR) is 57.6 cm³/mol. The fourth-order valence-corrected chi connectivity index (χ4v) is 2.84. The first-order chi connectivity index (χ1) is 6.64. The van der Waals surface area contributed by atoms with Gasteiger partial charge >= 0.3 is 8.80 Å². The Balaban J connectivity index is 4.01. The maximum absolute atomic E-state index is 5.77. The van der Waals surface area contributed by atoms with Crippen LogP contribution in [0.25, 0.3) is 0 Å². The number of hydrogen-bond acceptors (Lipinski definition) is 5. The molecule has 0 aliphatic carbocycles. The van der Waals surface area contributed by atoms with Gasteiger partial charge in [0.2, 0.25) is 0 Å². The molecule has 0 heterocycles. The summed E-state index contributed by atoms with van der Waals surface area (Å²) in [6, 6.07) is 0.719. The Morgan fingerprint density at radius 3 is 2.21 bits per heavy atom. The fourth-order valence-electron chi connectivity index (χ4n) is 1.16. The van der Waals surface area contributed by atoms with Crippen molar-refractivity contribution >= 4 is 8.80 Å². The third kappa shape index (κ3) is 4.49. The highest BCUT2D eigenvalue weighted by molar-refractivity contribution is 6.60. The molecule has 14 heavy (non-hydrogen) atoms. The van der Waals surface area contributed by atoms with E-state index >= 15 is 0 Å².